The van der Waals surface area contributed by atoms with Crippen LogP contribution in [0.5, 0.6) is 11.5 Å². The first-order valence-electron chi connectivity index (χ1n) is 6.03. The molecule has 0 spiro atoms. The molecule has 0 N–H and O–H groups in total. The molecule has 0 saturated carbocycles. The second kappa shape index (κ2) is 7.47. The summed E-state index contributed by atoms with van der Waals surface area (Å²) < 4.78 is 25.1. The summed E-state index contributed by atoms with van der Waals surface area (Å²) in [7, 11) is 1.55. The van der Waals surface area contributed by atoms with Crippen LogP contribution < -0.4 is 9.47 Å². The maximum atomic E-state index is 13.4. The van der Waals surface area contributed by atoms with E-state index in [4.69, 9.17) is 21.1 Å². The molecular formula is C15H12Br2ClFO2. The van der Waals surface area contributed by atoms with Crippen molar-refractivity contribution in [2.75, 3.05) is 7.11 Å². The Kier molecular flexibility index (Phi) is 5.90. The molecule has 2 aromatic carbocycles. The third kappa shape index (κ3) is 4.34. The summed E-state index contributed by atoms with van der Waals surface area (Å²) in [6, 6.07) is 8.12. The Hall–Kier alpha value is -0.780. The van der Waals surface area contributed by atoms with Gasteiger partial charge in [-0.1, -0.05) is 43.5 Å². The van der Waals surface area contributed by atoms with Gasteiger partial charge in [0.05, 0.1) is 7.11 Å². The van der Waals surface area contributed by atoms with Crippen molar-refractivity contribution in [2.24, 2.45) is 0 Å². The van der Waals surface area contributed by atoms with Crippen LogP contribution in [0.1, 0.15) is 11.1 Å². The highest BCUT2D eigenvalue weighted by Crippen LogP contribution is 2.36. The van der Waals surface area contributed by atoms with E-state index in [1.807, 2.05) is 0 Å². The summed E-state index contributed by atoms with van der Waals surface area (Å²) in [6.07, 6.45) is 0. The summed E-state index contributed by atoms with van der Waals surface area (Å²) in [4.78, 5) is 0. The molecule has 0 bridgehead atoms. The summed E-state index contributed by atoms with van der Waals surface area (Å²) >= 11 is 12.7. The van der Waals surface area contributed by atoms with Crippen molar-refractivity contribution in [3.8, 4) is 11.5 Å². The van der Waals surface area contributed by atoms with E-state index in [0.29, 0.717) is 26.3 Å². The van der Waals surface area contributed by atoms with Gasteiger partial charge in [-0.05, 0) is 29.8 Å². The fourth-order valence-corrected chi connectivity index (χ4v) is 3.05. The predicted octanol–water partition coefficient (Wildman–Crippen LogP) is 5.72. The average molecular weight is 439 g/mol. The molecule has 0 aliphatic heterocycles. The van der Waals surface area contributed by atoms with E-state index in [1.54, 1.807) is 25.3 Å². The van der Waals surface area contributed by atoms with Gasteiger partial charge in [-0.2, -0.15) is 0 Å². The van der Waals surface area contributed by atoms with Gasteiger partial charge in [-0.25, -0.2) is 4.39 Å². The standard InChI is InChI=1S/C15H12Br2ClFO2/c1-20-14-6-12(18)4-10(7-16)15(14)21-8-9-2-11(17)5-13(19)3-9/h2-6H,7-8H2,1H3. The number of alkyl halides is 1. The van der Waals surface area contributed by atoms with Crippen molar-refractivity contribution >= 4 is 43.5 Å². The molecule has 0 fully saturated rings. The Morgan fingerprint density at radius 3 is 2.57 bits per heavy atom. The quantitative estimate of drug-likeness (QED) is 0.556. The minimum atomic E-state index is -0.313. The zero-order valence-corrected chi connectivity index (χ0v) is 15.1. The van der Waals surface area contributed by atoms with Crippen LogP contribution in [0.25, 0.3) is 0 Å². The van der Waals surface area contributed by atoms with Gasteiger partial charge >= 0.3 is 0 Å². The molecule has 0 aliphatic rings. The summed E-state index contributed by atoms with van der Waals surface area (Å²) in [5, 5.41) is 1.15. The zero-order chi connectivity index (χ0) is 15.4. The maximum Gasteiger partial charge on any atom is 0.165 e. The second-order valence-corrected chi connectivity index (χ2v) is 6.21. The highest BCUT2D eigenvalue weighted by molar-refractivity contribution is 9.10. The lowest BCUT2D eigenvalue weighted by Crippen LogP contribution is -2.01. The monoisotopic (exact) mass is 436 g/mol. The molecule has 6 heteroatoms. The number of halogens is 4. The second-order valence-electron chi connectivity index (χ2n) is 4.30. The Balaban J connectivity index is 2.26. The van der Waals surface area contributed by atoms with E-state index >= 15 is 0 Å². The first-order valence-corrected chi connectivity index (χ1v) is 8.33. The Morgan fingerprint density at radius 1 is 1.19 bits per heavy atom. The SMILES string of the molecule is COc1cc(Cl)cc(CBr)c1OCc1cc(F)cc(Br)c1. The molecule has 0 unspecified atom stereocenters. The van der Waals surface area contributed by atoms with Crippen molar-refractivity contribution in [3.63, 3.8) is 0 Å². The van der Waals surface area contributed by atoms with Gasteiger partial charge in [-0.15, -0.1) is 0 Å². The molecule has 0 saturated heterocycles. The number of hydrogen-bond donors (Lipinski definition) is 0. The summed E-state index contributed by atoms with van der Waals surface area (Å²) in [5.74, 6) is 0.832. The summed E-state index contributed by atoms with van der Waals surface area (Å²) in [5.41, 5.74) is 1.59. The van der Waals surface area contributed by atoms with Crippen molar-refractivity contribution in [2.45, 2.75) is 11.9 Å². The van der Waals surface area contributed by atoms with E-state index < -0.39 is 0 Å². The Labute approximate surface area is 144 Å². The number of methoxy groups -OCH3 is 1. The fraction of sp³-hybridized carbons (Fsp3) is 0.200. The minimum absolute atomic E-state index is 0.231. The van der Waals surface area contributed by atoms with Crippen LogP contribution in [-0.2, 0) is 11.9 Å². The molecule has 0 radical (unpaired) electrons. The minimum Gasteiger partial charge on any atom is -0.493 e. The van der Waals surface area contributed by atoms with Crippen LogP contribution in [-0.4, -0.2) is 7.11 Å². The van der Waals surface area contributed by atoms with Crippen molar-refractivity contribution in [1.29, 1.82) is 0 Å². The van der Waals surface area contributed by atoms with E-state index in [0.717, 1.165) is 11.1 Å². The highest BCUT2D eigenvalue weighted by atomic mass is 79.9. The van der Waals surface area contributed by atoms with Crippen LogP contribution in [0.3, 0.4) is 0 Å². The van der Waals surface area contributed by atoms with Crippen LogP contribution in [0.15, 0.2) is 34.8 Å². The number of ether oxygens (including phenoxy) is 2. The number of benzene rings is 2. The maximum absolute atomic E-state index is 13.4. The Morgan fingerprint density at radius 2 is 1.95 bits per heavy atom. The van der Waals surface area contributed by atoms with E-state index in [9.17, 15) is 4.39 Å². The third-order valence-corrected chi connectivity index (χ3v) is 4.05. The highest BCUT2D eigenvalue weighted by Gasteiger charge is 2.12. The van der Waals surface area contributed by atoms with Crippen molar-refractivity contribution in [3.05, 3.63) is 56.8 Å². The van der Waals surface area contributed by atoms with Gasteiger partial charge in [0.2, 0.25) is 0 Å². The molecule has 0 amide bonds. The van der Waals surface area contributed by atoms with Crippen LogP contribution in [0.4, 0.5) is 4.39 Å². The molecule has 0 heterocycles. The molecule has 0 atom stereocenters. The van der Waals surface area contributed by atoms with Crippen LogP contribution in [0.2, 0.25) is 5.02 Å². The lowest BCUT2D eigenvalue weighted by Gasteiger charge is -2.15. The van der Waals surface area contributed by atoms with Gasteiger partial charge < -0.3 is 9.47 Å². The van der Waals surface area contributed by atoms with Gasteiger partial charge in [0, 0.05) is 26.5 Å². The molecule has 21 heavy (non-hydrogen) atoms. The summed E-state index contributed by atoms with van der Waals surface area (Å²) in [6.45, 7) is 0.231. The average Bonchev–Trinajstić information content (AvgIpc) is 2.43. The third-order valence-electron chi connectivity index (χ3n) is 2.77. The van der Waals surface area contributed by atoms with E-state index in [-0.39, 0.29) is 12.4 Å². The molecule has 2 rings (SSSR count). The Bertz CT molecular complexity index is 604. The number of hydrogen-bond acceptors (Lipinski definition) is 2. The fourth-order valence-electron chi connectivity index (χ4n) is 1.89. The van der Waals surface area contributed by atoms with E-state index in [2.05, 4.69) is 31.9 Å². The van der Waals surface area contributed by atoms with E-state index in [1.165, 1.54) is 12.1 Å². The smallest absolute Gasteiger partial charge is 0.165 e. The van der Waals surface area contributed by atoms with Crippen molar-refractivity contribution in [1.82, 2.24) is 0 Å². The van der Waals surface area contributed by atoms with Crippen LogP contribution in [0, 0.1) is 5.82 Å². The topological polar surface area (TPSA) is 18.5 Å². The van der Waals surface area contributed by atoms with Gasteiger partial charge in [0.25, 0.3) is 0 Å². The largest absolute Gasteiger partial charge is 0.493 e. The molecule has 112 valence electrons. The lowest BCUT2D eigenvalue weighted by molar-refractivity contribution is 0.282. The zero-order valence-electron chi connectivity index (χ0n) is 11.1. The molecule has 2 nitrogen and oxygen atoms in total. The molecule has 0 aliphatic carbocycles. The van der Waals surface area contributed by atoms with Crippen LogP contribution >= 0.6 is 43.5 Å². The lowest BCUT2D eigenvalue weighted by atomic mass is 10.2. The molecular weight excluding hydrogens is 426 g/mol. The van der Waals surface area contributed by atoms with Crippen molar-refractivity contribution < 1.29 is 13.9 Å². The van der Waals surface area contributed by atoms with Gasteiger partial charge in [0.1, 0.15) is 12.4 Å². The number of rotatable bonds is 5. The molecule has 0 aromatic heterocycles. The predicted molar refractivity (Wildman–Crippen MR) is 89.1 cm³/mol. The first-order chi connectivity index (χ1) is 10.0. The normalized spacial score (nSPS) is 10.5. The van der Waals surface area contributed by atoms with Gasteiger partial charge in [-0.3, -0.25) is 0 Å². The first kappa shape index (κ1) is 16.6. The van der Waals surface area contributed by atoms with Gasteiger partial charge in [0.15, 0.2) is 11.5 Å². The molecule has 2 aromatic rings.